The predicted octanol–water partition coefficient (Wildman–Crippen LogP) is 9.95. The van der Waals surface area contributed by atoms with Crippen LogP contribution in [0.2, 0.25) is 0 Å². The monoisotopic (exact) mass is 416 g/mol. The van der Waals surface area contributed by atoms with Gasteiger partial charge in [-0.3, -0.25) is 0 Å². The highest BCUT2D eigenvalue weighted by Gasteiger charge is 2.20. The summed E-state index contributed by atoms with van der Waals surface area (Å²) in [4.78, 5) is 0. The molecule has 0 bridgehead atoms. The van der Waals surface area contributed by atoms with Gasteiger partial charge in [-0.1, -0.05) is 116 Å². The van der Waals surface area contributed by atoms with Gasteiger partial charge in [0.25, 0.3) is 0 Å². The lowest BCUT2D eigenvalue weighted by molar-refractivity contribution is 0.529. The zero-order valence-corrected chi connectivity index (χ0v) is 20.9. The van der Waals surface area contributed by atoms with Gasteiger partial charge in [-0.05, 0) is 76.8 Å². The van der Waals surface area contributed by atoms with Crippen LogP contribution in [0.1, 0.15) is 108 Å². The minimum Gasteiger partial charge on any atom is -0.0995 e. The molecule has 0 radical (unpaired) electrons. The van der Waals surface area contributed by atoms with Crippen LogP contribution < -0.4 is 0 Å². The van der Waals surface area contributed by atoms with Crippen LogP contribution in [0.5, 0.6) is 0 Å². The Balaban J connectivity index is 2.63. The van der Waals surface area contributed by atoms with E-state index in [-0.39, 0.29) is 0 Å². The van der Waals surface area contributed by atoms with Gasteiger partial charge in [0.05, 0.1) is 0 Å². The van der Waals surface area contributed by atoms with Gasteiger partial charge in [-0.2, -0.15) is 0 Å². The first-order valence-electron chi connectivity index (χ1n) is 12.4. The Morgan fingerprint density at radius 1 is 0.935 bits per heavy atom. The first-order valence-corrected chi connectivity index (χ1v) is 12.4. The summed E-state index contributed by atoms with van der Waals surface area (Å²) < 4.78 is 0. The molecule has 0 fully saturated rings. The van der Waals surface area contributed by atoms with Crippen molar-refractivity contribution in [3.05, 3.63) is 77.4 Å². The lowest BCUT2D eigenvalue weighted by Gasteiger charge is -2.25. The second kappa shape index (κ2) is 12.1. The lowest BCUT2D eigenvalue weighted by atomic mass is 9.79. The van der Waals surface area contributed by atoms with Crippen molar-refractivity contribution in [3.8, 4) is 11.1 Å². The fourth-order valence-corrected chi connectivity index (χ4v) is 4.53. The fraction of sp³-hybridized carbons (Fsp3) is 0.484. The molecule has 1 unspecified atom stereocenters. The largest absolute Gasteiger partial charge is 0.0995 e. The molecule has 0 saturated carbocycles. The Hall–Kier alpha value is -2.08. The molecule has 0 heteroatoms. The van der Waals surface area contributed by atoms with Crippen molar-refractivity contribution < 1.29 is 0 Å². The molecule has 0 amide bonds. The highest BCUT2D eigenvalue weighted by molar-refractivity contribution is 5.78. The molecule has 0 nitrogen and oxygen atoms in total. The molecule has 0 aliphatic carbocycles. The second-order valence-corrected chi connectivity index (χ2v) is 9.56. The van der Waals surface area contributed by atoms with E-state index >= 15 is 0 Å². The van der Waals surface area contributed by atoms with Gasteiger partial charge in [-0.25, -0.2) is 0 Å². The summed E-state index contributed by atoms with van der Waals surface area (Å²) in [7, 11) is 0. The molecule has 2 rings (SSSR count). The average molecular weight is 417 g/mol. The van der Waals surface area contributed by atoms with E-state index in [2.05, 4.69) is 97.2 Å². The van der Waals surface area contributed by atoms with E-state index in [0.717, 1.165) is 12.8 Å². The minimum absolute atomic E-state index is 0.503. The van der Waals surface area contributed by atoms with Gasteiger partial charge in [0.2, 0.25) is 0 Å². The van der Waals surface area contributed by atoms with E-state index in [9.17, 15) is 0 Å². The predicted molar refractivity (Wildman–Crippen MR) is 141 cm³/mol. The molecule has 1 atom stereocenters. The molecular formula is C31H44. The topological polar surface area (TPSA) is 0 Å². The second-order valence-electron chi connectivity index (χ2n) is 9.56. The van der Waals surface area contributed by atoms with Gasteiger partial charge in [0.15, 0.2) is 0 Å². The summed E-state index contributed by atoms with van der Waals surface area (Å²) in [5.41, 5.74) is 9.55. The molecule has 168 valence electrons. The summed E-state index contributed by atoms with van der Waals surface area (Å²) in [6.07, 6.45) is 9.06. The van der Waals surface area contributed by atoms with Crippen LogP contribution in [0, 0.1) is 5.92 Å². The van der Waals surface area contributed by atoms with Crippen LogP contribution in [-0.2, 0) is 6.42 Å². The molecule has 0 spiro atoms. The minimum atomic E-state index is 0.503. The third-order valence-corrected chi connectivity index (χ3v) is 6.89. The smallest absolute Gasteiger partial charge is 0.00699 e. The molecule has 0 heterocycles. The van der Waals surface area contributed by atoms with Gasteiger partial charge in [0, 0.05) is 0 Å². The van der Waals surface area contributed by atoms with Crippen molar-refractivity contribution in [2.75, 3.05) is 0 Å². The van der Waals surface area contributed by atoms with Gasteiger partial charge in [0.1, 0.15) is 0 Å². The van der Waals surface area contributed by atoms with E-state index in [1.807, 2.05) is 0 Å². The van der Waals surface area contributed by atoms with Crippen molar-refractivity contribution in [2.45, 2.75) is 91.9 Å². The molecule has 2 aromatic carbocycles. The number of allylic oxidation sites excluding steroid dienone is 1. The maximum Gasteiger partial charge on any atom is -0.00699 e. The molecule has 0 aromatic heterocycles. The van der Waals surface area contributed by atoms with Crippen LogP contribution in [0.25, 0.3) is 17.2 Å². The Kier molecular flexibility index (Phi) is 9.82. The van der Waals surface area contributed by atoms with Crippen molar-refractivity contribution in [2.24, 2.45) is 5.92 Å². The number of benzene rings is 2. The quantitative estimate of drug-likeness (QED) is 0.302. The third-order valence-electron chi connectivity index (χ3n) is 6.89. The van der Waals surface area contributed by atoms with E-state index in [1.54, 1.807) is 0 Å². The Morgan fingerprint density at radius 3 is 2.03 bits per heavy atom. The Bertz CT molecular complexity index is 844. The molecule has 0 saturated heterocycles. The van der Waals surface area contributed by atoms with Gasteiger partial charge < -0.3 is 0 Å². The summed E-state index contributed by atoms with van der Waals surface area (Å²) in [6.45, 7) is 22.2. The van der Waals surface area contributed by atoms with E-state index in [0.29, 0.717) is 17.8 Å². The highest BCUT2D eigenvalue weighted by Crippen LogP contribution is 2.39. The zero-order valence-electron chi connectivity index (χ0n) is 20.9. The molecule has 2 aromatic rings. The molecule has 0 N–H and O–H groups in total. The number of hydrogen-bond acceptors (Lipinski definition) is 0. The van der Waals surface area contributed by atoms with Crippen molar-refractivity contribution in [3.63, 3.8) is 0 Å². The highest BCUT2D eigenvalue weighted by atomic mass is 14.2. The standard InChI is InChI=1S/C31H44/c1-9-13-26(14-10-2)28-20-30(24(8)22(5)6)29(12-4)31(21-28)27-17-15-25(16-18-27)19-23(7)11-3/h12,15-18,20-22,24,26H,4,7,9-11,13-14,19H2,1-3,5-6,8H3. The summed E-state index contributed by atoms with van der Waals surface area (Å²) >= 11 is 0. The maximum absolute atomic E-state index is 4.22. The van der Waals surface area contributed by atoms with Crippen LogP contribution in [0.4, 0.5) is 0 Å². The van der Waals surface area contributed by atoms with Crippen LogP contribution in [0.15, 0.2) is 55.1 Å². The molecular weight excluding hydrogens is 372 g/mol. The zero-order chi connectivity index (χ0) is 23.0. The first kappa shape index (κ1) is 25.2. The third kappa shape index (κ3) is 6.45. The van der Waals surface area contributed by atoms with Crippen molar-refractivity contribution in [1.82, 2.24) is 0 Å². The first-order chi connectivity index (χ1) is 14.9. The van der Waals surface area contributed by atoms with Crippen LogP contribution in [-0.4, -0.2) is 0 Å². The summed E-state index contributed by atoms with van der Waals surface area (Å²) in [5.74, 6) is 1.74. The number of rotatable bonds is 12. The summed E-state index contributed by atoms with van der Waals surface area (Å²) in [5, 5.41) is 0. The fourth-order valence-electron chi connectivity index (χ4n) is 4.53. The lowest BCUT2D eigenvalue weighted by Crippen LogP contribution is -2.08. The van der Waals surface area contributed by atoms with Gasteiger partial charge >= 0.3 is 0 Å². The SMILES string of the molecule is C=Cc1c(-c2ccc(CC(=C)CC)cc2)cc(C(CCC)CCC)cc1C(C)C(C)C. The van der Waals surface area contributed by atoms with E-state index in [1.165, 1.54) is 64.6 Å². The maximum atomic E-state index is 4.22. The van der Waals surface area contributed by atoms with Gasteiger partial charge in [-0.15, -0.1) is 0 Å². The average Bonchev–Trinajstić information content (AvgIpc) is 2.77. The van der Waals surface area contributed by atoms with Crippen molar-refractivity contribution >= 4 is 6.08 Å². The van der Waals surface area contributed by atoms with E-state index in [4.69, 9.17) is 0 Å². The van der Waals surface area contributed by atoms with Crippen molar-refractivity contribution in [1.29, 1.82) is 0 Å². The Morgan fingerprint density at radius 2 is 1.55 bits per heavy atom. The Labute approximate surface area is 192 Å². The normalized spacial score (nSPS) is 12.4. The summed E-state index contributed by atoms with van der Waals surface area (Å²) in [6, 6.07) is 14.1. The number of hydrogen-bond donors (Lipinski definition) is 0. The molecule has 0 aliphatic rings. The molecule has 0 aliphatic heterocycles. The molecule has 31 heavy (non-hydrogen) atoms. The van der Waals surface area contributed by atoms with Crippen LogP contribution >= 0.6 is 0 Å². The van der Waals surface area contributed by atoms with E-state index < -0.39 is 0 Å². The van der Waals surface area contributed by atoms with Crippen LogP contribution in [0.3, 0.4) is 0 Å².